The predicted molar refractivity (Wildman–Crippen MR) is 76.5 cm³/mol. The minimum Gasteiger partial charge on any atom is -0.463 e. The Bertz CT molecular complexity index is 478. The van der Waals surface area contributed by atoms with E-state index in [2.05, 4.69) is 28.1 Å². The van der Waals surface area contributed by atoms with Gasteiger partial charge in [-0.15, -0.1) is 0 Å². The lowest BCUT2D eigenvalue weighted by Crippen LogP contribution is -2.04. The molecule has 0 N–H and O–H groups in total. The highest BCUT2D eigenvalue weighted by Crippen LogP contribution is 2.30. The molecule has 2 nitrogen and oxygen atoms in total. The number of rotatable bonds is 3. The lowest BCUT2D eigenvalue weighted by molar-refractivity contribution is -0.137. The summed E-state index contributed by atoms with van der Waals surface area (Å²) in [5.74, 6) is -0.286. The Hall–Kier alpha value is -1.09. The summed E-state index contributed by atoms with van der Waals surface area (Å²) in [5.41, 5.74) is 3.88. The fourth-order valence-corrected chi connectivity index (χ4v) is 3.01. The normalized spacial score (nSPS) is 14.6. The molecule has 96 valence electrons. The third-order valence-electron chi connectivity index (χ3n) is 3.13. The molecular formula is C15H17BrO2. The Morgan fingerprint density at radius 1 is 1.39 bits per heavy atom. The summed E-state index contributed by atoms with van der Waals surface area (Å²) in [6.07, 6.45) is 8.11. The van der Waals surface area contributed by atoms with Gasteiger partial charge >= 0.3 is 5.97 Å². The molecule has 3 heteroatoms. The van der Waals surface area contributed by atoms with Crippen molar-refractivity contribution >= 4 is 28.0 Å². The number of benzene rings is 1. The van der Waals surface area contributed by atoms with E-state index >= 15 is 0 Å². The third kappa shape index (κ3) is 3.22. The lowest BCUT2D eigenvalue weighted by atomic mass is 9.90. The number of carbonyl (C=O) groups is 1. The van der Waals surface area contributed by atoms with Gasteiger partial charge in [0.25, 0.3) is 0 Å². The van der Waals surface area contributed by atoms with E-state index in [-0.39, 0.29) is 5.97 Å². The lowest BCUT2D eigenvalue weighted by Gasteiger charge is -2.17. The van der Waals surface area contributed by atoms with Crippen molar-refractivity contribution in [2.75, 3.05) is 6.61 Å². The number of esters is 1. The zero-order valence-corrected chi connectivity index (χ0v) is 12.1. The summed E-state index contributed by atoms with van der Waals surface area (Å²) in [6, 6.07) is 4.24. The fourth-order valence-electron chi connectivity index (χ4n) is 2.29. The van der Waals surface area contributed by atoms with Crippen LogP contribution < -0.4 is 0 Å². The van der Waals surface area contributed by atoms with Crippen molar-refractivity contribution in [1.82, 2.24) is 0 Å². The molecule has 0 atom stereocenters. The van der Waals surface area contributed by atoms with Gasteiger partial charge in [0, 0.05) is 10.5 Å². The van der Waals surface area contributed by atoms with Crippen molar-refractivity contribution in [3.05, 3.63) is 39.4 Å². The second-order valence-electron chi connectivity index (χ2n) is 4.43. The van der Waals surface area contributed by atoms with Crippen LogP contribution in [0.25, 0.3) is 6.08 Å². The number of hydrogen-bond donors (Lipinski definition) is 0. The summed E-state index contributed by atoms with van der Waals surface area (Å²) < 4.78 is 6.02. The zero-order chi connectivity index (χ0) is 13.0. The van der Waals surface area contributed by atoms with Crippen LogP contribution in [0.15, 0.2) is 22.7 Å². The van der Waals surface area contributed by atoms with E-state index in [1.54, 1.807) is 6.92 Å². The van der Waals surface area contributed by atoms with Gasteiger partial charge in [0.15, 0.2) is 0 Å². The Kier molecular flexibility index (Phi) is 4.59. The maximum absolute atomic E-state index is 11.3. The van der Waals surface area contributed by atoms with E-state index < -0.39 is 0 Å². The summed E-state index contributed by atoms with van der Waals surface area (Å²) in [7, 11) is 0. The van der Waals surface area contributed by atoms with Crippen LogP contribution in [0.1, 0.15) is 36.5 Å². The molecule has 0 unspecified atom stereocenters. The number of fused-ring (bicyclic) bond motifs is 1. The Morgan fingerprint density at radius 3 is 2.94 bits per heavy atom. The van der Waals surface area contributed by atoms with E-state index in [0.29, 0.717) is 6.61 Å². The molecule has 0 radical (unpaired) electrons. The molecule has 2 rings (SSSR count). The van der Waals surface area contributed by atoms with Crippen molar-refractivity contribution < 1.29 is 9.53 Å². The van der Waals surface area contributed by atoms with Crippen molar-refractivity contribution in [1.29, 1.82) is 0 Å². The topological polar surface area (TPSA) is 26.3 Å². The fraction of sp³-hybridized carbons (Fsp3) is 0.400. The van der Waals surface area contributed by atoms with Crippen molar-refractivity contribution in [3.8, 4) is 0 Å². The molecule has 18 heavy (non-hydrogen) atoms. The van der Waals surface area contributed by atoms with E-state index in [4.69, 9.17) is 4.74 Å². The maximum atomic E-state index is 11.3. The van der Waals surface area contributed by atoms with Gasteiger partial charge in [0.2, 0.25) is 0 Å². The number of ether oxygens (including phenoxy) is 1. The second kappa shape index (κ2) is 6.19. The van der Waals surface area contributed by atoms with Crippen LogP contribution in [0.4, 0.5) is 0 Å². The van der Waals surface area contributed by atoms with Gasteiger partial charge in [0.1, 0.15) is 0 Å². The zero-order valence-electron chi connectivity index (χ0n) is 10.5. The van der Waals surface area contributed by atoms with E-state index in [1.165, 1.54) is 30.0 Å². The predicted octanol–water partition coefficient (Wildman–Crippen LogP) is 3.90. The van der Waals surface area contributed by atoms with Gasteiger partial charge in [-0.1, -0.05) is 22.0 Å². The molecule has 1 aromatic carbocycles. The van der Waals surface area contributed by atoms with E-state index in [9.17, 15) is 4.79 Å². The highest BCUT2D eigenvalue weighted by atomic mass is 79.9. The second-order valence-corrected chi connectivity index (χ2v) is 5.29. The molecule has 0 fully saturated rings. The first-order valence-electron chi connectivity index (χ1n) is 6.37. The van der Waals surface area contributed by atoms with Gasteiger partial charge in [0.05, 0.1) is 6.61 Å². The molecule has 1 aliphatic rings. The standard InChI is InChI=1S/C15H17BrO2/c1-2-18-15(17)8-7-11-9-12-5-3-4-6-13(12)14(16)10-11/h7-10H,2-6H2,1H3/b8-7+. The monoisotopic (exact) mass is 308 g/mol. The van der Waals surface area contributed by atoms with Gasteiger partial charge in [-0.25, -0.2) is 4.79 Å². The number of carbonyl (C=O) groups excluding carboxylic acids is 1. The molecule has 0 saturated carbocycles. The maximum Gasteiger partial charge on any atom is 0.330 e. The number of halogens is 1. The van der Waals surface area contributed by atoms with Crippen LogP contribution in [0.3, 0.4) is 0 Å². The summed E-state index contributed by atoms with van der Waals surface area (Å²) in [5, 5.41) is 0. The van der Waals surface area contributed by atoms with Crippen LogP contribution in [0.5, 0.6) is 0 Å². The summed E-state index contributed by atoms with van der Waals surface area (Å²) in [6.45, 7) is 2.22. The smallest absolute Gasteiger partial charge is 0.330 e. The quantitative estimate of drug-likeness (QED) is 0.625. The molecule has 0 aliphatic heterocycles. The van der Waals surface area contributed by atoms with Gasteiger partial charge in [-0.05, 0) is 61.4 Å². The van der Waals surface area contributed by atoms with E-state index in [0.717, 1.165) is 22.9 Å². The molecule has 0 spiro atoms. The highest BCUT2D eigenvalue weighted by Gasteiger charge is 2.12. The van der Waals surface area contributed by atoms with Crippen LogP contribution in [0.2, 0.25) is 0 Å². The van der Waals surface area contributed by atoms with Crippen LogP contribution in [-0.4, -0.2) is 12.6 Å². The molecule has 1 aliphatic carbocycles. The first-order chi connectivity index (χ1) is 8.70. The van der Waals surface area contributed by atoms with Crippen molar-refractivity contribution in [3.63, 3.8) is 0 Å². The summed E-state index contributed by atoms with van der Waals surface area (Å²) in [4.78, 5) is 11.3. The first-order valence-corrected chi connectivity index (χ1v) is 7.16. The number of hydrogen-bond acceptors (Lipinski definition) is 2. The van der Waals surface area contributed by atoms with Crippen molar-refractivity contribution in [2.24, 2.45) is 0 Å². The number of aryl methyl sites for hydroxylation is 1. The average Bonchev–Trinajstić information content (AvgIpc) is 2.37. The first kappa shape index (κ1) is 13.3. The van der Waals surface area contributed by atoms with Crippen molar-refractivity contribution in [2.45, 2.75) is 32.6 Å². The minimum absolute atomic E-state index is 0.286. The molecule has 0 bridgehead atoms. The Balaban J connectivity index is 2.19. The third-order valence-corrected chi connectivity index (χ3v) is 3.84. The molecule has 0 aromatic heterocycles. The molecule has 0 saturated heterocycles. The van der Waals surface area contributed by atoms with E-state index in [1.807, 2.05) is 6.08 Å². The average molecular weight is 309 g/mol. The summed E-state index contributed by atoms with van der Waals surface area (Å²) >= 11 is 3.62. The Labute approximate surface area is 116 Å². The van der Waals surface area contributed by atoms with Crippen LogP contribution in [0, 0.1) is 0 Å². The highest BCUT2D eigenvalue weighted by molar-refractivity contribution is 9.10. The van der Waals surface area contributed by atoms with Gasteiger partial charge < -0.3 is 4.74 Å². The minimum atomic E-state index is -0.286. The Morgan fingerprint density at radius 2 is 2.17 bits per heavy atom. The largest absolute Gasteiger partial charge is 0.463 e. The van der Waals surface area contributed by atoms with Crippen LogP contribution in [-0.2, 0) is 22.4 Å². The van der Waals surface area contributed by atoms with Gasteiger partial charge in [-0.2, -0.15) is 0 Å². The van der Waals surface area contributed by atoms with Gasteiger partial charge in [-0.3, -0.25) is 0 Å². The molecule has 0 heterocycles. The molecule has 0 amide bonds. The van der Waals surface area contributed by atoms with Crippen LogP contribution >= 0.6 is 15.9 Å². The molecular weight excluding hydrogens is 292 g/mol. The molecule has 1 aromatic rings. The SMILES string of the molecule is CCOC(=O)/C=C/c1cc(Br)c2c(c1)CCCC2.